The lowest BCUT2D eigenvalue weighted by Gasteiger charge is -2.13. The van der Waals surface area contributed by atoms with Gasteiger partial charge in [-0.05, 0) is 43.3 Å². The van der Waals surface area contributed by atoms with E-state index in [-0.39, 0.29) is 17.2 Å². The SMILES string of the molecule is C/C(CN1C(=O)c2ccccc2C1=O)=N/NS(=O)(=O)c1ccc(Cl)cc1. The van der Waals surface area contributed by atoms with Gasteiger partial charge in [-0.3, -0.25) is 14.5 Å². The van der Waals surface area contributed by atoms with E-state index in [9.17, 15) is 18.0 Å². The molecule has 2 aromatic rings. The molecule has 1 heterocycles. The van der Waals surface area contributed by atoms with Crippen LogP contribution >= 0.6 is 11.6 Å². The third-order valence-electron chi connectivity index (χ3n) is 3.75. The smallest absolute Gasteiger partial charge is 0.269 e. The average molecular weight is 392 g/mol. The Kier molecular flexibility index (Phi) is 4.80. The molecule has 0 aliphatic carbocycles. The number of sulfonamides is 1. The van der Waals surface area contributed by atoms with Gasteiger partial charge in [-0.1, -0.05) is 23.7 Å². The number of amides is 2. The fourth-order valence-corrected chi connectivity index (χ4v) is 3.45. The number of nitrogens with one attached hydrogen (secondary N) is 1. The van der Waals surface area contributed by atoms with Crippen LogP contribution in [-0.4, -0.2) is 37.4 Å². The quantitative estimate of drug-likeness (QED) is 0.480. The van der Waals surface area contributed by atoms with Crippen molar-refractivity contribution in [3.8, 4) is 0 Å². The maximum atomic E-state index is 12.3. The van der Waals surface area contributed by atoms with Crippen LogP contribution in [0.5, 0.6) is 0 Å². The first-order chi connectivity index (χ1) is 12.3. The lowest BCUT2D eigenvalue weighted by molar-refractivity contribution is 0.0677. The van der Waals surface area contributed by atoms with Gasteiger partial charge in [0.25, 0.3) is 21.8 Å². The molecule has 1 aliphatic rings. The zero-order valence-electron chi connectivity index (χ0n) is 13.6. The number of imide groups is 1. The van der Waals surface area contributed by atoms with Crippen molar-refractivity contribution in [1.82, 2.24) is 9.73 Å². The summed E-state index contributed by atoms with van der Waals surface area (Å²) in [4.78, 5) is 27.7. The Labute approximate surface area is 155 Å². The van der Waals surface area contributed by atoms with Crippen LogP contribution in [0.25, 0.3) is 0 Å². The van der Waals surface area contributed by atoms with Gasteiger partial charge in [-0.2, -0.15) is 13.5 Å². The highest BCUT2D eigenvalue weighted by atomic mass is 35.5. The molecule has 0 saturated heterocycles. The zero-order chi connectivity index (χ0) is 18.9. The summed E-state index contributed by atoms with van der Waals surface area (Å²) in [5.41, 5.74) is 0.913. The minimum absolute atomic E-state index is 0.000759. The van der Waals surface area contributed by atoms with Crippen molar-refractivity contribution in [2.24, 2.45) is 5.10 Å². The molecule has 1 N–H and O–H groups in total. The molecule has 0 fully saturated rings. The first-order valence-electron chi connectivity index (χ1n) is 7.55. The van der Waals surface area contributed by atoms with Gasteiger partial charge in [0, 0.05) is 5.02 Å². The Morgan fingerprint density at radius 2 is 1.58 bits per heavy atom. The van der Waals surface area contributed by atoms with Gasteiger partial charge in [0.2, 0.25) is 0 Å². The van der Waals surface area contributed by atoms with Crippen molar-refractivity contribution in [2.45, 2.75) is 11.8 Å². The van der Waals surface area contributed by atoms with E-state index in [2.05, 4.69) is 9.93 Å². The van der Waals surface area contributed by atoms with Gasteiger partial charge in [-0.15, -0.1) is 0 Å². The van der Waals surface area contributed by atoms with Crippen molar-refractivity contribution in [2.75, 3.05) is 6.54 Å². The normalized spacial score (nSPS) is 14.5. The molecule has 0 aromatic heterocycles. The van der Waals surface area contributed by atoms with E-state index in [4.69, 9.17) is 11.6 Å². The molecular weight excluding hydrogens is 378 g/mol. The minimum atomic E-state index is -3.87. The van der Waals surface area contributed by atoms with Crippen LogP contribution in [0.2, 0.25) is 5.02 Å². The summed E-state index contributed by atoms with van der Waals surface area (Å²) in [5, 5.41) is 4.20. The molecule has 26 heavy (non-hydrogen) atoms. The third kappa shape index (κ3) is 3.47. The van der Waals surface area contributed by atoms with Crippen molar-refractivity contribution in [3.05, 3.63) is 64.7 Å². The Morgan fingerprint density at radius 3 is 2.12 bits per heavy atom. The second-order valence-electron chi connectivity index (χ2n) is 5.64. The lowest BCUT2D eigenvalue weighted by atomic mass is 10.1. The molecule has 2 aromatic carbocycles. The van der Waals surface area contributed by atoms with Crippen molar-refractivity contribution < 1.29 is 18.0 Å². The van der Waals surface area contributed by atoms with Crippen molar-refractivity contribution in [3.63, 3.8) is 0 Å². The van der Waals surface area contributed by atoms with Crippen LogP contribution in [0.4, 0.5) is 0 Å². The number of hydrogen-bond donors (Lipinski definition) is 1. The highest BCUT2D eigenvalue weighted by molar-refractivity contribution is 7.89. The van der Waals surface area contributed by atoms with Crippen LogP contribution in [0, 0.1) is 0 Å². The van der Waals surface area contributed by atoms with Crippen molar-refractivity contribution >= 4 is 39.2 Å². The first kappa shape index (κ1) is 18.1. The average Bonchev–Trinajstić information content (AvgIpc) is 2.86. The van der Waals surface area contributed by atoms with Crippen LogP contribution in [0.1, 0.15) is 27.6 Å². The summed E-state index contributed by atoms with van der Waals surface area (Å²) in [6, 6.07) is 12.1. The molecule has 0 saturated carbocycles. The largest absolute Gasteiger partial charge is 0.276 e. The molecule has 9 heteroatoms. The van der Waals surface area contributed by atoms with Gasteiger partial charge < -0.3 is 0 Å². The predicted molar refractivity (Wildman–Crippen MR) is 96.7 cm³/mol. The summed E-state index contributed by atoms with van der Waals surface area (Å²) in [6.07, 6.45) is 0. The number of carbonyl (C=O) groups excluding carboxylic acids is 2. The monoisotopic (exact) mass is 391 g/mol. The highest BCUT2D eigenvalue weighted by Gasteiger charge is 2.35. The summed E-state index contributed by atoms with van der Waals surface area (Å²) in [6.45, 7) is 1.41. The van der Waals surface area contributed by atoms with Gasteiger partial charge in [0.1, 0.15) is 0 Å². The number of fused-ring (bicyclic) bond motifs is 1. The topological polar surface area (TPSA) is 95.9 Å². The third-order valence-corrected chi connectivity index (χ3v) is 5.22. The fraction of sp³-hybridized carbons (Fsp3) is 0.118. The molecule has 2 amide bonds. The minimum Gasteiger partial charge on any atom is -0.269 e. The molecule has 7 nitrogen and oxygen atoms in total. The first-order valence-corrected chi connectivity index (χ1v) is 9.41. The second-order valence-corrected chi connectivity index (χ2v) is 7.74. The number of halogens is 1. The second kappa shape index (κ2) is 6.89. The molecule has 1 aliphatic heterocycles. The predicted octanol–water partition coefficient (Wildman–Crippen LogP) is 2.29. The van der Waals surface area contributed by atoms with Crippen LogP contribution in [0.3, 0.4) is 0 Å². The Balaban J connectivity index is 1.73. The Morgan fingerprint density at radius 1 is 1.04 bits per heavy atom. The molecule has 0 unspecified atom stereocenters. The van der Waals surface area contributed by atoms with E-state index in [1.807, 2.05) is 0 Å². The van der Waals surface area contributed by atoms with E-state index in [1.54, 1.807) is 24.3 Å². The van der Waals surface area contributed by atoms with Gasteiger partial charge in [0.15, 0.2) is 0 Å². The van der Waals surface area contributed by atoms with Crippen LogP contribution < -0.4 is 4.83 Å². The molecule has 0 spiro atoms. The van der Waals surface area contributed by atoms with Gasteiger partial charge in [-0.25, -0.2) is 4.83 Å². The van der Waals surface area contributed by atoms with E-state index in [0.717, 1.165) is 4.90 Å². The number of hydrogen-bond acceptors (Lipinski definition) is 5. The number of carbonyl (C=O) groups is 2. The van der Waals surface area contributed by atoms with Gasteiger partial charge in [0.05, 0.1) is 28.3 Å². The van der Waals surface area contributed by atoms with Gasteiger partial charge >= 0.3 is 0 Å². The van der Waals surface area contributed by atoms with Crippen molar-refractivity contribution in [1.29, 1.82) is 0 Å². The molecule has 0 bridgehead atoms. The van der Waals surface area contributed by atoms with Crippen LogP contribution in [0.15, 0.2) is 58.5 Å². The molecule has 134 valence electrons. The van der Waals surface area contributed by atoms with E-state index >= 15 is 0 Å². The zero-order valence-corrected chi connectivity index (χ0v) is 15.2. The van der Waals surface area contributed by atoms with E-state index < -0.39 is 21.8 Å². The number of nitrogens with zero attached hydrogens (tertiary/aromatic N) is 2. The fourth-order valence-electron chi connectivity index (χ4n) is 2.45. The van der Waals surface area contributed by atoms with Crippen LogP contribution in [-0.2, 0) is 10.0 Å². The molecule has 0 atom stereocenters. The summed E-state index contributed by atoms with van der Waals surface area (Å²) in [5.74, 6) is -0.860. The number of benzene rings is 2. The number of hydrazone groups is 1. The lowest BCUT2D eigenvalue weighted by Crippen LogP contribution is -2.35. The maximum Gasteiger partial charge on any atom is 0.276 e. The Hall–Kier alpha value is -2.71. The maximum absolute atomic E-state index is 12.3. The summed E-state index contributed by atoms with van der Waals surface area (Å²) in [7, 11) is -3.87. The highest BCUT2D eigenvalue weighted by Crippen LogP contribution is 2.22. The summed E-state index contributed by atoms with van der Waals surface area (Å²) < 4.78 is 24.4. The summed E-state index contributed by atoms with van der Waals surface area (Å²) >= 11 is 5.74. The molecular formula is C17H14ClN3O4S. The molecule has 0 radical (unpaired) electrons. The molecule has 3 rings (SSSR count). The Bertz CT molecular complexity index is 982. The standard InChI is InChI=1S/C17H14ClN3O4S/c1-11(19-20-26(24,25)13-8-6-12(18)7-9-13)10-21-16(22)14-4-2-3-5-15(14)17(21)23/h2-9,20H,10H2,1H3/b19-11-. The van der Waals surface area contributed by atoms with E-state index in [0.29, 0.717) is 16.1 Å². The van der Waals surface area contributed by atoms with E-state index in [1.165, 1.54) is 31.2 Å². The number of rotatable bonds is 5.